The number of anilines is 1. The molecule has 0 aliphatic carbocycles. The number of Topliss-reactive ketones (excluding diaryl/α,β-unsaturated/α-hetero) is 2. The molecule has 0 radical (unpaired) electrons. The molecule has 0 saturated carbocycles. The Morgan fingerprint density at radius 1 is 0.885 bits per heavy atom. The Bertz CT molecular complexity index is 640. The highest BCUT2D eigenvalue weighted by molar-refractivity contribution is 6.41. The Morgan fingerprint density at radius 2 is 1.27 bits per heavy atom. The molecule has 1 amide bonds. The van der Waals surface area contributed by atoms with E-state index in [0.29, 0.717) is 17.1 Å². The second-order valence-corrected chi connectivity index (χ2v) is 6.06. The van der Waals surface area contributed by atoms with E-state index in [4.69, 9.17) is 4.52 Å². The van der Waals surface area contributed by atoms with Gasteiger partial charge in [-0.15, -0.1) is 0 Å². The molecule has 26 heavy (non-hydrogen) atoms. The van der Waals surface area contributed by atoms with E-state index in [0.717, 1.165) is 0 Å². The summed E-state index contributed by atoms with van der Waals surface area (Å²) in [5.41, 5.74) is 0.987. The lowest BCUT2D eigenvalue weighted by Gasteiger charge is -2.17. The molecule has 0 aliphatic heterocycles. The van der Waals surface area contributed by atoms with Gasteiger partial charge in [0.2, 0.25) is 5.91 Å². The molecule has 6 nitrogen and oxygen atoms in total. The summed E-state index contributed by atoms with van der Waals surface area (Å²) < 4.78 is 71.9. The molecule has 1 aromatic heterocycles. The zero-order valence-electron chi connectivity index (χ0n) is 14.3. The Hall–Kier alpha value is -2.40. The number of aryl methyl sites for hydroxylation is 2. The van der Waals surface area contributed by atoms with Gasteiger partial charge in [-0.25, -0.2) is 0 Å². The van der Waals surface area contributed by atoms with E-state index in [2.05, 4.69) is 10.5 Å². The quantitative estimate of drug-likeness (QED) is 0.617. The van der Waals surface area contributed by atoms with Crippen molar-refractivity contribution in [2.75, 3.05) is 5.32 Å². The smallest absolute Gasteiger partial charge is 0.359 e. The number of aromatic nitrogens is 1. The monoisotopic (exact) mass is 390 g/mol. The van der Waals surface area contributed by atoms with Gasteiger partial charge in [-0.1, -0.05) is 25.9 Å². The van der Waals surface area contributed by atoms with Gasteiger partial charge in [-0.3, -0.25) is 14.4 Å². The van der Waals surface area contributed by atoms with Crippen molar-refractivity contribution in [1.29, 1.82) is 0 Å². The molecular weight excluding hydrogens is 374 g/mol. The highest BCUT2D eigenvalue weighted by Crippen LogP contribution is 2.24. The minimum Gasteiger partial charge on any atom is -0.359 e. The van der Waals surface area contributed by atoms with Crippen molar-refractivity contribution in [3.05, 3.63) is 11.5 Å². The number of amides is 1. The predicted molar refractivity (Wildman–Crippen MR) is 76.2 cm³/mol. The molecule has 0 bridgehead atoms. The third kappa shape index (κ3) is 6.84. The van der Waals surface area contributed by atoms with E-state index in [-0.39, 0.29) is 5.91 Å². The van der Waals surface area contributed by atoms with Crippen molar-refractivity contribution in [2.24, 2.45) is 5.41 Å². The predicted octanol–water partition coefficient (Wildman–Crippen LogP) is 3.53. The van der Waals surface area contributed by atoms with E-state index in [1.165, 1.54) is 0 Å². The number of alkyl halides is 6. The first-order valence-corrected chi connectivity index (χ1v) is 6.86. The molecule has 1 N–H and O–H groups in total. The molecule has 12 heteroatoms. The van der Waals surface area contributed by atoms with Crippen LogP contribution in [0.5, 0.6) is 0 Å². The summed E-state index contributed by atoms with van der Waals surface area (Å²) in [6.07, 6.45) is -11.5. The number of carbonyl (C=O) groups is 3. The number of nitrogens with one attached hydrogen (secondary N) is 1. The molecule has 0 spiro atoms. The van der Waals surface area contributed by atoms with Crippen molar-refractivity contribution >= 4 is 23.2 Å². The van der Waals surface area contributed by atoms with Crippen molar-refractivity contribution in [3.63, 3.8) is 0 Å². The minimum atomic E-state index is -5.77. The molecule has 1 aromatic rings. The highest BCUT2D eigenvalue weighted by Gasteiger charge is 2.54. The van der Waals surface area contributed by atoms with Gasteiger partial charge in [-0.2, -0.15) is 26.3 Å². The summed E-state index contributed by atoms with van der Waals surface area (Å²) in [5.74, 6) is -6.21. The van der Waals surface area contributed by atoms with Crippen LogP contribution < -0.4 is 5.32 Å². The normalized spacial score (nSPS) is 12.1. The van der Waals surface area contributed by atoms with E-state index < -0.39 is 29.3 Å². The topological polar surface area (TPSA) is 89.3 Å². The van der Waals surface area contributed by atoms with Gasteiger partial charge in [0.1, 0.15) is 11.4 Å². The fourth-order valence-electron chi connectivity index (χ4n) is 1.22. The molecule has 0 aromatic carbocycles. The highest BCUT2D eigenvalue weighted by atomic mass is 19.4. The number of rotatable bonds is 2. The molecule has 0 atom stereocenters. The van der Waals surface area contributed by atoms with Gasteiger partial charge in [-0.05, 0) is 13.8 Å². The summed E-state index contributed by atoms with van der Waals surface area (Å²) in [7, 11) is 0. The summed E-state index contributed by atoms with van der Waals surface area (Å²) in [4.78, 5) is 30.9. The lowest BCUT2D eigenvalue weighted by molar-refractivity contribution is -0.193. The summed E-state index contributed by atoms with van der Waals surface area (Å²) >= 11 is 0. The third-order valence-corrected chi connectivity index (χ3v) is 2.67. The maximum Gasteiger partial charge on any atom is 0.458 e. The second-order valence-electron chi connectivity index (χ2n) is 6.06. The van der Waals surface area contributed by atoms with Gasteiger partial charge in [0, 0.05) is 5.41 Å². The number of hydrogen-bond donors (Lipinski definition) is 1. The van der Waals surface area contributed by atoms with E-state index in [1.54, 1.807) is 13.8 Å². The summed E-state index contributed by atoms with van der Waals surface area (Å²) in [5, 5.41) is 6.56. The van der Waals surface area contributed by atoms with Gasteiger partial charge in [0.15, 0.2) is 5.76 Å². The van der Waals surface area contributed by atoms with Crippen LogP contribution in [0.25, 0.3) is 0 Å². The third-order valence-electron chi connectivity index (χ3n) is 2.67. The number of nitrogens with zero attached hydrogens (tertiary/aromatic N) is 1. The molecular formula is C14H16F6N2O4. The van der Waals surface area contributed by atoms with Crippen LogP contribution in [0.15, 0.2) is 4.52 Å². The fourth-order valence-corrected chi connectivity index (χ4v) is 1.22. The van der Waals surface area contributed by atoms with Gasteiger partial charge in [0.05, 0.1) is 0 Å². The zero-order chi connectivity index (χ0) is 21.1. The van der Waals surface area contributed by atoms with Gasteiger partial charge >= 0.3 is 23.9 Å². The first-order chi connectivity index (χ1) is 11.4. The van der Waals surface area contributed by atoms with Crippen LogP contribution in [0.2, 0.25) is 0 Å². The largest absolute Gasteiger partial charge is 0.458 e. The van der Waals surface area contributed by atoms with Crippen molar-refractivity contribution < 1.29 is 45.2 Å². The van der Waals surface area contributed by atoms with Gasteiger partial charge in [0.25, 0.3) is 0 Å². The Balaban J connectivity index is 0.000000488. The van der Waals surface area contributed by atoms with E-state index in [9.17, 15) is 40.7 Å². The second kappa shape index (κ2) is 7.87. The van der Waals surface area contributed by atoms with Crippen LogP contribution in [0.4, 0.5) is 32.0 Å². The van der Waals surface area contributed by atoms with Crippen LogP contribution in [-0.4, -0.2) is 35.0 Å². The zero-order valence-corrected chi connectivity index (χ0v) is 14.3. The van der Waals surface area contributed by atoms with Crippen molar-refractivity contribution in [3.8, 4) is 0 Å². The summed E-state index contributed by atoms with van der Waals surface area (Å²) in [6.45, 7) is 9.16. The van der Waals surface area contributed by atoms with Gasteiger partial charge < -0.3 is 9.84 Å². The Labute approximate surface area is 143 Å². The molecule has 1 rings (SSSR count). The first-order valence-electron chi connectivity index (χ1n) is 6.86. The summed E-state index contributed by atoms with van der Waals surface area (Å²) in [6, 6.07) is 0. The molecule has 1 heterocycles. The standard InChI is InChI=1S/C10H16N2O2.C4F6O2/c1-6-8(7(2)14-12-6)11-9(13)10(3,4)5;5-3(6,7)1(11)2(12)4(8,9)10/h1-5H3,(H,11,13);. The Morgan fingerprint density at radius 3 is 1.50 bits per heavy atom. The molecule has 0 aliphatic rings. The first kappa shape index (κ1) is 23.6. The fraction of sp³-hybridized carbons (Fsp3) is 0.571. The lowest BCUT2D eigenvalue weighted by atomic mass is 9.95. The maximum atomic E-state index is 11.7. The molecule has 0 unspecified atom stereocenters. The molecule has 0 saturated heterocycles. The average molecular weight is 390 g/mol. The number of hydrogen-bond acceptors (Lipinski definition) is 5. The SMILES string of the molecule is Cc1noc(C)c1NC(=O)C(C)(C)C.O=C(C(=O)C(F)(F)F)C(F)(F)F. The van der Waals surface area contributed by atoms with Crippen molar-refractivity contribution in [2.45, 2.75) is 47.0 Å². The van der Waals surface area contributed by atoms with Crippen molar-refractivity contribution in [1.82, 2.24) is 5.16 Å². The number of carbonyl (C=O) groups excluding carboxylic acids is 3. The average Bonchev–Trinajstić information content (AvgIpc) is 2.75. The van der Waals surface area contributed by atoms with Crippen LogP contribution in [0.1, 0.15) is 32.2 Å². The van der Waals surface area contributed by atoms with Crippen LogP contribution >= 0.6 is 0 Å². The number of halogens is 6. The molecule has 148 valence electrons. The molecule has 0 fully saturated rings. The van der Waals surface area contributed by atoms with Crippen LogP contribution in [0, 0.1) is 19.3 Å². The number of ketones is 2. The van der Waals surface area contributed by atoms with Crippen LogP contribution in [0.3, 0.4) is 0 Å². The minimum absolute atomic E-state index is 0.0353. The van der Waals surface area contributed by atoms with Crippen LogP contribution in [-0.2, 0) is 14.4 Å². The maximum absolute atomic E-state index is 11.7. The Kier molecular flexibility index (Phi) is 7.14. The van der Waals surface area contributed by atoms with E-state index >= 15 is 0 Å². The lowest BCUT2D eigenvalue weighted by Crippen LogP contribution is -2.39. The van der Waals surface area contributed by atoms with E-state index in [1.807, 2.05) is 20.8 Å².